The van der Waals surface area contributed by atoms with Crippen molar-refractivity contribution in [1.82, 2.24) is 4.90 Å². The van der Waals surface area contributed by atoms with Gasteiger partial charge in [-0.2, -0.15) is 0 Å². The summed E-state index contributed by atoms with van der Waals surface area (Å²) < 4.78 is 0. The zero-order chi connectivity index (χ0) is 14.6. The Balaban J connectivity index is 2.09. The van der Waals surface area contributed by atoms with Gasteiger partial charge >= 0.3 is 0 Å². The lowest BCUT2D eigenvalue weighted by Crippen LogP contribution is -2.49. The topological polar surface area (TPSA) is 46.3 Å². The monoisotopic (exact) mass is 294 g/mol. The first kappa shape index (κ1) is 15.5. The van der Waals surface area contributed by atoms with Crippen molar-refractivity contribution in [2.75, 3.05) is 13.1 Å². The van der Waals surface area contributed by atoms with E-state index in [4.69, 9.17) is 5.73 Å². The van der Waals surface area contributed by atoms with Crippen LogP contribution < -0.4 is 5.73 Å². The molecule has 1 fully saturated rings. The largest absolute Gasteiger partial charge is 0.337 e. The fourth-order valence-corrected chi connectivity index (χ4v) is 3.79. The van der Waals surface area contributed by atoms with Crippen LogP contribution in [0, 0.1) is 11.3 Å². The van der Waals surface area contributed by atoms with E-state index >= 15 is 0 Å². The van der Waals surface area contributed by atoms with Gasteiger partial charge in [0.15, 0.2) is 0 Å². The van der Waals surface area contributed by atoms with Gasteiger partial charge in [0.1, 0.15) is 0 Å². The summed E-state index contributed by atoms with van der Waals surface area (Å²) in [6, 6.07) is 4.14. The van der Waals surface area contributed by atoms with Crippen LogP contribution in [0.3, 0.4) is 0 Å². The summed E-state index contributed by atoms with van der Waals surface area (Å²) in [6.07, 6.45) is 4.15. The maximum Gasteiger partial charge on any atom is 0.230 e. The number of rotatable bonds is 5. The van der Waals surface area contributed by atoms with Crippen molar-refractivity contribution in [2.45, 2.75) is 46.1 Å². The Morgan fingerprint density at radius 3 is 2.70 bits per heavy atom. The number of nitrogens with two attached hydrogens (primary N) is 1. The summed E-state index contributed by atoms with van der Waals surface area (Å²) in [7, 11) is 0. The number of hydrogen-bond acceptors (Lipinski definition) is 3. The van der Waals surface area contributed by atoms with E-state index in [0.717, 1.165) is 44.7 Å². The third-order valence-corrected chi connectivity index (χ3v) is 5.53. The molecule has 0 aromatic carbocycles. The van der Waals surface area contributed by atoms with Crippen molar-refractivity contribution in [3.05, 3.63) is 22.4 Å². The molecule has 0 radical (unpaired) electrons. The second-order valence-electron chi connectivity index (χ2n) is 6.07. The first-order valence-electron chi connectivity index (χ1n) is 7.63. The molecule has 0 aliphatic heterocycles. The van der Waals surface area contributed by atoms with E-state index in [1.807, 2.05) is 11.0 Å². The van der Waals surface area contributed by atoms with Gasteiger partial charge in [0.2, 0.25) is 5.91 Å². The van der Waals surface area contributed by atoms with Crippen LogP contribution in [0.2, 0.25) is 0 Å². The lowest BCUT2D eigenvalue weighted by Gasteiger charge is -2.40. The quantitative estimate of drug-likeness (QED) is 0.906. The normalized spacial score (nSPS) is 26.4. The first-order valence-corrected chi connectivity index (χ1v) is 8.51. The van der Waals surface area contributed by atoms with Gasteiger partial charge in [0, 0.05) is 18.0 Å². The Morgan fingerprint density at radius 2 is 2.20 bits per heavy atom. The summed E-state index contributed by atoms with van der Waals surface area (Å²) in [4.78, 5) is 16.2. The standard InChI is InChI=1S/C16H26N2OS/c1-3-18(11-14-5-4-10-20-14)15(19)16(12-17)8-6-13(2)7-9-16/h4-5,10,13H,3,6-9,11-12,17H2,1-2H3. The number of carbonyl (C=O) groups is 1. The number of thiophene rings is 1. The molecule has 0 saturated heterocycles. The number of carbonyl (C=O) groups excluding carboxylic acids is 1. The predicted octanol–water partition coefficient (Wildman–Crippen LogP) is 3.25. The Labute approximate surface area is 126 Å². The van der Waals surface area contributed by atoms with E-state index in [1.165, 1.54) is 4.88 Å². The van der Waals surface area contributed by atoms with Crippen LogP contribution in [0.5, 0.6) is 0 Å². The van der Waals surface area contributed by atoms with Crippen LogP contribution in [-0.4, -0.2) is 23.9 Å². The van der Waals surface area contributed by atoms with Gasteiger partial charge in [0.25, 0.3) is 0 Å². The molecule has 0 atom stereocenters. The SMILES string of the molecule is CCN(Cc1cccs1)C(=O)C1(CN)CCC(C)CC1. The van der Waals surface area contributed by atoms with Gasteiger partial charge in [-0.1, -0.05) is 13.0 Å². The molecule has 2 N–H and O–H groups in total. The molecular formula is C16H26N2OS. The van der Waals surface area contributed by atoms with Crippen molar-refractivity contribution in [1.29, 1.82) is 0 Å². The smallest absolute Gasteiger partial charge is 0.230 e. The summed E-state index contributed by atoms with van der Waals surface area (Å²) >= 11 is 1.71. The van der Waals surface area contributed by atoms with Gasteiger partial charge in [0.05, 0.1) is 12.0 Å². The van der Waals surface area contributed by atoms with Crippen LogP contribution >= 0.6 is 11.3 Å². The summed E-state index contributed by atoms with van der Waals surface area (Å²) in [5.74, 6) is 0.998. The van der Waals surface area contributed by atoms with E-state index in [0.29, 0.717) is 6.54 Å². The molecule has 1 aromatic heterocycles. The summed E-state index contributed by atoms with van der Waals surface area (Å²) in [5.41, 5.74) is 5.70. The average molecular weight is 294 g/mol. The van der Waals surface area contributed by atoms with Crippen molar-refractivity contribution < 1.29 is 4.79 Å². The highest BCUT2D eigenvalue weighted by Gasteiger charge is 2.41. The molecule has 1 aliphatic rings. The van der Waals surface area contributed by atoms with Crippen LogP contribution in [0.1, 0.15) is 44.4 Å². The third-order valence-electron chi connectivity index (χ3n) is 4.67. The summed E-state index contributed by atoms with van der Waals surface area (Å²) in [5, 5.41) is 2.06. The molecule has 3 nitrogen and oxygen atoms in total. The predicted molar refractivity (Wildman–Crippen MR) is 84.5 cm³/mol. The summed E-state index contributed by atoms with van der Waals surface area (Å²) in [6.45, 7) is 6.30. The highest BCUT2D eigenvalue weighted by molar-refractivity contribution is 7.09. The second-order valence-corrected chi connectivity index (χ2v) is 7.10. The highest BCUT2D eigenvalue weighted by Crippen LogP contribution is 2.39. The lowest BCUT2D eigenvalue weighted by atomic mass is 9.70. The van der Waals surface area contributed by atoms with E-state index in [1.54, 1.807) is 11.3 Å². The molecule has 1 heterocycles. The molecule has 112 valence electrons. The van der Waals surface area contributed by atoms with Gasteiger partial charge < -0.3 is 10.6 Å². The van der Waals surface area contributed by atoms with Gasteiger partial charge in [-0.15, -0.1) is 11.3 Å². The lowest BCUT2D eigenvalue weighted by molar-refractivity contribution is -0.144. The molecule has 4 heteroatoms. The van der Waals surface area contributed by atoms with E-state index < -0.39 is 0 Å². The minimum absolute atomic E-state index is 0.266. The van der Waals surface area contributed by atoms with Crippen molar-refractivity contribution in [2.24, 2.45) is 17.1 Å². The van der Waals surface area contributed by atoms with Gasteiger partial charge in [-0.25, -0.2) is 0 Å². The maximum absolute atomic E-state index is 13.0. The highest BCUT2D eigenvalue weighted by atomic mass is 32.1. The fraction of sp³-hybridized carbons (Fsp3) is 0.688. The molecule has 20 heavy (non-hydrogen) atoms. The number of amides is 1. The van der Waals surface area contributed by atoms with E-state index in [9.17, 15) is 4.79 Å². The minimum atomic E-state index is -0.306. The van der Waals surface area contributed by atoms with Crippen molar-refractivity contribution >= 4 is 17.2 Å². The molecule has 0 unspecified atom stereocenters. The molecule has 1 aliphatic carbocycles. The molecule has 1 saturated carbocycles. The van der Waals surface area contributed by atoms with Crippen LogP contribution in [0.25, 0.3) is 0 Å². The molecule has 2 rings (SSSR count). The van der Waals surface area contributed by atoms with Crippen LogP contribution in [-0.2, 0) is 11.3 Å². The van der Waals surface area contributed by atoms with Gasteiger partial charge in [-0.3, -0.25) is 4.79 Å². The Kier molecular flexibility index (Phi) is 5.22. The Hall–Kier alpha value is -0.870. The molecular weight excluding hydrogens is 268 g/mol. The van der Waals surface area contributed by atoms with Gasteiger partial charge in [-0.05, 0) is 50.0 Å². The first-order chi connectivity index (χ1) is 9.61. The molecule has 1 aromatic rings. The van der Waals surface area contributed by atoms with Crippen molar-refractivity contribution in [3.8, 4) is 0 Å². The third kappa shape index (κ3) is 3.23. The van der Waals surface area contributed by atoms with E-state index in [2.05, 4.69) is 25.3 Å². The zero-order valence-corrected chi connectivity index (χ0v) is 13.4. The number of hydrogen-bond donors (Lipinski definition) is 1. The molecule has 0 spiro atoms. The Bertz CT molecular complexity index is 422. The Morgan fingerprint density at radius 1 is 1.50 bits per heavy atom. The van der Waals surface area contributed by atoms with E-state index in [-0.39, 0.29) is 11.3 Å². The maximum atomic E-state index is 13.0. The second kappa shape index (κ2) is 6.72. The molecule has 0 bridgehead atoms. The zero-order valence-electron chi connectivity index (χ0n) is 12.6. The fourth-order valence-electron chi connectivity index (χ4n) is 3.07. The van der Waals surface area contributed by atoms with Crippen LogP contribution in [0.15, 0.2) is 17.5 Å². The average Bonchev–Trinajstić information content (AvgIpc) is 2.98. The molecule has 1 amide bonds. The number of nitrogens with zero attached hydrogens (tertiary/aromatic N) is 1. The minimum Gasteiger partial charge on any atom is -0.337 e. The van der Waals surface area contributed by atoms with Crippen molar-refractivity contribution in [3.63, 3.8) is 0 Å². The van der Waals surface area contributed by atoms with Crippen LogP contribution in [0.4, 0.5) is 0 Å².